The van der Waals surface area contributed by atoms with Crippen LogP contribution in [0.5, 0.6) is 0 Å². The summed E-state index contributed by atoms with van der Waals surface area (Å²) in [6.07, 6.45) is 8.94. The van der Waals surface area contributed by atoms with Crippen LogP contribution in [-0.4, -0.2) is 11.5 Å². The summed E-state index contributed by atoms with van der Waals surface area (Å²) in [7, 11) is 0. The molecule has 290 valence electrons. The molecule has 0 N–H and O–H groups in total. The number of fused-ring (bicyclic) bond motifs is 8. The Bertz CT molecular complexity index is 3120. The monoisotopic (exact) mass is 772 g/mol. The van der Waals surface area contributed by atoms with Crippen molar-refractivity contribution in [1.82, 2.24) is 0 Å². The van der Waals surface area contributed by atoms with Crippen LogP contribution in [-0.2, 0) is 5.41 Å². The molecule has 0 saturated carbocycles. The maximum Gasteiger partial charge on any atom is 0.155 e. The fourth-order valence-corrected chi connectivity index (χ4v) is 10.5. The van der Waals surface area contributed by atoms with Crippen molar-refractivity contribution in [1.29, 1.82) is 0 Å². The first-order valence-electron chi connectivity index (χ1n) is 21.7. The number of benzene rings is 8. The smallest absolute Gasteiger partial charge is 0.155 e. The molecular weight excluding hydrogens is 725 g/mol. The van der Waals surface area contributed by atoms with Gasteiger partial charge >= 0.3 is 0 Å². The molecule has 2 atom stereocenters. The second-order valence-corrected chi connectivity index (χ2v) is 17.6. The van der Waals surface area contributed by atoms with Crippen LogP contribution in [0.25, 0.3) is 60.1 Å². The average molecular weight is 773 g/mol. The Balaban J connectivity index is 1.05. The van der Waals surface area contributed by atoms with Gasteiger partial charge in [-0.1, -0.05) is 184 Å². The van der Waals surface area contributed by atoms with E-state index in [1.807, 2.05) is 0 Å². The summed E-state index contributed by atoms with van der Waals surface area (Å²) in [4.78, 5) is 10.8. The Morgan fingerprint density at radius 1 is 0.533 bits per heavy atom. The molecule has 0 radical (unpaired) electrons. The van der Waals surface area contributed by atoms with Gasteiger partial charge in [-0.2, -0.15) is 0 Å². The van der Waals surface area contributed by atoms with E-state index < -0.39 is 0 Å². The van der Waals surface area contributed by atoms with Gasteiger partial charge in [-0.05, 0) is 132 Å². The van der Waals surface area contributed by atoms with Gasteiger partial charge in [0.15, 0.2) is 5.84 Å². The molecule has 0 spiro atoms. The zero-order chi connectivity index (χ0) is 40.4. The van der Waals surface area contributed by atoms with Crippen LogP contribution in [0.4, 0.5) is 0 Å². The number of allylic oxidation sites excluding steroid dienone is 4. The Morgan fingerprint density at radius 2 is 1.20 bits per heavy atom. The van der Waals surface area contributed by atoms with Gasteiger partial charge in [0.2, 0.25) is 0 Å². The first-order chi connectivity index (χ1) is 29.4. The minimum Gasteiger partial charge on any atom is -0.258 e. The molecule has 11 rings (SSSR count). The number of rotatable bonds is 5. The van der Waals surface area contributed by atoms with Crippen molar-refractivity contribution in [3.63, 3.8) is 0 Å². The molecule has 2 nitrogen and oxygen atoms in total. The summed E-state index contributed by atoms with van der Waals surface area (Å²) in [5, 5.41) is 7.70. The molecule has 0 amide bonds. The fourth-order valence-electron chi connectivity index (χ4n) is 10.5. The molecule has 2 aliphatic carbocycles. The maximum atomic E-state index is 5.47. The summed E-state index contributed by atoms with van der Waals surface area (Å²) in [5.74, 6) is 1.05. The minimum absolute atomic E-state index is 0.0362. The molecule has 60 heavy (non-hydrogen) atoms. The third-order valence-corrected chi connectivity index (χ3v) is 13.6. The first-order valence-corrected chi connectivity index (χ1v) is 21.7. The molecular formula is C58H48N2. The molecule has 3 aliphatic rings. The number of nitrogens with zero attached hydrogens (tertiary/aromatic N) is 2. The van der Waals surface area contributed by atoms with Crippen molar-refractivity contribution in [2.24, 2.45) is 15.9 Å². The standard InChI is InChI=1S/C58H48N2/c1-37-28-33-54(38-16-6-4-7-17-38)59-57(39-18-8-5-9-19-39)60-56(37)43-21-14-20-42(34-43)44-25-15-26-49-45-22-10-11-23-46(45)51-35-40(30-32-50(51)55(44)49)41-29-31-48-47-24-12-13-27-52(47)58(2,3)53(48)36-41/h4-12,14-26,29-32,34-37,54H,13,27-28,33H2,1-3H3/t37-,54?/m1/s1. The highest BCUT2D eigenvalue weighted by Gasteiger charge is 2.37. The summed E-state index contributed by atoms with van der Waals surface area (Å²) in [6.45, 7) is 7.16. The van der Waals surface area contributed by atoms with Gasteiger partial charge in [-0.25, -0.2) is 4.99 Å². The third kappa shape index (κ3) is 6.08. The Morgan fingerprint density at radius 3 is 2.03 bits per heavy atom. The van der Waals surface area contributed by atoms with Crippen molar-refractivity contribution in [2.75, 3.05) is 0 Å². The van der Waals surface area contributed by atoms with E-state index in [1.165, 1.54) is 76.8 Å². The number of hydrogen-bond acceptors (Lipinski definition) is 2. The fraction of sp³-hybridized carbons (Fsp3) is 0.172. The largest absolute Gasteiger partial charge is 0.258 e. The van der Waals surface area contributed by atoms with Gasteiger partial charge < -0.3 is 0 Å². The van der Waals surface area contributed by atoms with E-state index in [1.54, 1.807) is 5.57 Å². The number of hydrogen-bond donors (Lipinski definition) is 0. The zero-order valence-corrected chi connectivity index (χ0v) is 34.6. The average Bonchev–Trinajstić information content (AvgIpc) is 3.53. The van der Waals surface area contributed by atoms with Gasteiger partial charge in [-0.3, -0.25) is 4.99 Å². The highest BCUT2D eigenvalue weighted by molar-refractivity contribution is 6.29. The molecule has 1 aliphatic heterocycles. The molecule has 0 saturated heterocycles. The minimum atomic E-state index is 0.0362. The maximum absolute atomic E-state index is 5.47. The van der Waals surface area contributed by atoms with Crippen molar-refractivity contribution in [3.8, 4) is 22.3 Å². The Kier molecular flexibility index (Phi) is 8.85. The Hall–Kier alpha value is -6.64. The van der Waals surface area contributed by atoms with E-state index in [4.69, 9.17) is 9.98 Å². The molecule has 0 fully saturated rings. The lowest BCUT2D eigenvalue weighted by molar-refractivity contribution is 0.555. The second kappa shape index (κ2) is 14.6. The highest BCUT2D eigenvalue weighted by Crippen LogP contribution is 2.51. The topological polar surface area (TPSA) is 24.7 Å². The quantitative estimate of drug-likeness (QED) is 0.156. The SMILES string of the molecule is C[C@@H]1CCC(c2ccccc2)N=C(c2ccccc2)N=C1c1cccc(-c2cccc3c4ccccc4c4cc(-c5ccc6c(c5)C(C)(C)C5=C6C=CCC5)ccc4c23)c1. The Labute approximate surface area is 353 Å². The van der Waals surface area contributed by atoms with Crippen LogP contribution in [0.2, 0.25) is 0 Å². The van der Waals surface area contributed by atoms with Gasteiger partial charge in [-0.15, -0.1) is 0 Å². The molecule has 0 aromatic heterocycles. The lowest BCUT2D eigenvalue weighted by Gasteiger charge is -2.26. The van der Waals surface area contributed by atoms with Crippen LogP contribution >= 0.6 is 0 Å². The second-order valence-electron chi connectivity index (χ2n) is 17.6. The van der Waals surface area contributed by atoms with Crippen molar-refractivity contribution in [3.05, 3.63) is 209 Å². The van der Waals surface area contributed by atoms with Crippen LogP contribution in [0.15, 0.2) is 192 Å². The first kappa shape index (κ1) is 36.4. The third-order valence-electron chi connectivity index (χ3n) is 13.6. The van der Waals surface area contributed by atoms with Gasteiger partial charge in [0.25, 0.3) is 0 Å². The van der Waals surface area contributed by atoms with Gasteiger partial charge in [0.1, 0.15) is 0 Å². The zero-order valence-electron chi connectivity index (χ0n) is 34.6. The van der Waals surface area contributed by atoms with Crippen molar-refractivity contribution < 1.29 is 0 Å². The van der Waals surface area contributed by atoms with Gasteiger partial charge in [0.05, 0.1) is 11.8 Å². The summed E-state index contributed by atoms with van der Waals surface area (Å²) >= 11 is 0. The van der Waals surface area contributed by atoms with E-state index in [-0.39, 0.29) is 17.4 Å². The van der Waals surface area contributed by atoms with Gasteiger partial charge in [0, 0.05) is 11.0 Å². The van der Waals surface area contributed by atoms with Crippen molar-refractivity contribution in [2.45, 2.75) is 57.9 Å². The summed E-state index contributed by atoms with van der Waals surface area (Å²) < 4.78 is 0. The normalized spacial score (nSPS) is 18.5. The summed E-state index contributed by atoms with van der Waals surface area (Å²) in [6, 6.07) is 60.5. The lowest BCUT2D eigenvalue weighted by Crippen LogP contribution is -2.19. The molecule has 8 aromatic carbocycles. The highest BCUT2D eigenvalue weighted by atomic mass is 15.0. The van der Waals surface area contributed by atoms with E-state index >= 15 is 0 Å². The predicted octanol–water partition coefficient (Wildman–Crippen LogP) is 15.3. The van der Waals surface area contributed by atoms with E-state index in [0.717, 1.165) is 48.4 Å². The molecule has 0 bridgehead atoms. The van der Waals surface area contributed by atoms with Crippen LogP contribution in [0.1, 0.15) is 80.3 Å². The predicted molar refractivity (Wildman–Crippen MR) is 255 cm³/mol. The summed E-state index contributed by atoms with van der Waals surface area (Å²) in [5.41, 5.74) is 15.4. The van der Waals surface area contributed by atoms with E-state index in [9.17, 15) is 0 Å². The molecule has 2 heteroatoms. The van der Waals surface area contributed by atoms with Crippen LogP contribution < -0.4 is 0 Å². The molecule has 1 heterocycles. The molecule has 1 unspecified atom stereocenters. The van der Waals surface area contributed by atoms with E-state index in [2.05, 4.69) is 197 Å². The lowest BCUT2D eigenvalue weighted by atomic mass is 9.78. The number of amidine groups is 1. The van der Waals surface area contributed by atoms with Crippen LogP contribution in [0, 0.1) is 5.92 Å². The van der Waals surface area contributed by atoms with Crippen LogP contribution in [0.3, 0.4) is 0 Å². The molecule has 8 aromatic rings. The number of aliphatic imine (C=N–C) groups is 2. The van der Waals surface area contributed by atoms with Crippen molar-refractivity contribution >= 4 is 49.4 Å². The van der Waals surface area contributed by atoms with E-state index in [0.29, 0.717) is 0 Å².